The summed E-state index contributed by atoms with van der Waals surface area (Å²) in [4.78, 5) is 12.4. The molecular weight excluding hydrogens is 262 g/mol. The second-order valence-corrected chi connectivity index (χ2v) is 4.85. The predicted octanol–water partition coefficient (Wildman–Crippen LogP) is 3.12. The molecule has 5 heteroatoms. The highest BCUT2D eigenvalue weighted by atomic mass is 15.3. The molecular formula is C16H13N5. The number of rotatable bonds is 2. The lowest BCUT2D eigenvalue weighted by atomic mass is 10.2. The Morgan fingerprint density at radius 2 is 1.90 bits per heavy atom. The molecule has 0 spiro atoms. The highest BCUT2D eigenvalue weighted by Crippen LogP contribution is 2.25. The van der Waals surface area contributed by atoms with Gasteiger partial charge in [0.25, 0.3) is 0 Å². The monoisotopic (exact) mass is 275 g/mol. The van der Waals surface area contributed by atoms with Crippen LogP contribution in [0.5, 0.6) is 0 Å². The van der Waals surface area contributed by atoms with Gasteiger partial charge < -0.3 is 4.98 Å². The number of fused-ring (bicyclic) bond motifs is 1. The third kappa shape index (κ3) is 1.99. The van der Waals surface area contributed by atoms with Gasteiger partial charge in [-0.1, -0.05) is 30.3 Å². The maximum absolute atomic E-state index is 4.51. The standard InChI is InChI=1S/C16H13N5/c1-11-18-14-10-13(12-6-3-2-4-7-12)20-15(14)16(19-11)21-9-5-8-17-21/h2-10,20H,1H3. The van der Waals surface area contributed by atoms with E-state index in [1.54, 1.807) is 10.9 Å². The Bertz CT molecular complexity index is 891. The van der Waals surface area contributed by atoms with Crippen LogP contribution in [0.3, 0.4) is 0 Å². The highest BCUT2D eigenvalue weighted by molar-refractivity contribution is 5.87. The number of hydrogen-bond acceptors (Lipinski definition) is 3. The number of H-pyrrole nitrogens is 1. The molecule has 4 rings (SSSR count). The van der Waals surface area contributed by atoms with Gasteiger partial charge >= 0.3 is 0 Å². The first-order valence-electron chi connectivity index (χ1n) is 6.74. The van der Waals surface area contributed by atoms with Crippen molar-refractivity contribution in [2.24, 2.45) is 0 Å². The van der Waals surface area contributed by atoms with E-state index in [0.717, 1.165) is 33.9 Å². The molecule has 5 nitrogen and oxygen atoms in total. The van der Waals surface area contributed by atoms with Crippen molar-refractivity contribution in [2.45, 2.75) is 6.92 Å². The zero-order valence-corrected chi connectivity index (χ0v) is 11.5. The molecule has 3 heterocycles. The predicted molar refractivity (Wildman–Crippen MR) is 81.2 cm³/mol. The third-order valence-corrected chi connectivity index (χ3v) is 3.38. The van der Waals surface area contributed by atoms with Crippen LogP contribution >= 0.6 is 0 Å². The molecule has 0 saturated carbocycles. The maximum atomic E-state index is 4.51. The van der Waals surface area contributed by atoms with Crippen molar-refractivity contribution in [2.75, 3.05) is 0 Å². The Hall–Kier alpha value is -2.95. The van der Waals surface area contributed by atoms with Crippen LogP contribution in [-0.4, -0.2) is 24.7 Å². The number of nitrogens with zero attached hydrogens (tertiary/aromatic N) is 4. The summed E-state index contributed by atoms with van der Waals surface area (Å²) in [6, 6.07) is 14.1. The van der Waals surface area contributed by atoms with Crippen LogP contribution in [0.2, 0.25) is 0 Å². The molecule has 102 valence electrons. The first-order chi connectivity index (χ1) is 10.3. The van der Waals surface area contributed by atoms with E-state index < -0.39 is 0 Å². The SMILES string of the molecule is Cc1nc(-n2cccn2)c2[nH]c(-c3ccccc3)cc2n1. The molecule has 4 aromatic rings. The zero-order valence-electron chi connectivity index (χ0n) is 11.5. The Morgan fingerprint density at radius 3 is 2.67 bits per heavy atom. The minimum Gasteiger partial charge on any atom is -0.350 e. The van der Waals surface area contributed by atoms with Crippen LogP contribution in [0.1, 0.15) is 5.82 Å². The molecule has 1 N–H and O–H groups in total. The Labute approximate surface area is 121 Å². The summed E-state index contributed by atoms with van der Waals surface area (Å²) in [5, 5.41) is 4.27. The second kappa shape index (κ2) is 4.56. The van der Waals surface area contributed by atoms with Gasteiger partial charge in [0.15, 0.2) is 5.82 Å². The fourth-order valence-electron chi connectivity index (χ4n) is 2.44. The van der Waals surface area contributed by atoms with Crippen LogP contribution in [0.4, 0.5) is 0 Å². The maximum Gasteiger partial charge on any atom is 0.181 e. The van der Waals surface area contributed by atoms with Gasteiger partial charge in [-0.25, -0.2) is 14.6 Å². The number of aromatic amines is 1. The topological polar surface area (TPSA) is 59.4 Å². The molecule has 0 aliphatic heterocycles. The van der Waals surface area contributed by atoms with Gasteiger partial charge in [-0.2, -0.15) is 5.10 Å². The quantitative estimate of drug-likeness (QED) is 0.611. The molecule has 3 aromatic heterocycles. The lowest BCUT2D eigenvalue weighted by Crippen LogP contribution is -2.02. The van der Waals surface area contributed by atoms with Gasteiger partial charge in [0, 0.05) is 18.1 Å². The third-order valence-electron chi connectivity index (χ3n) is 3.38. The molecule has 21 heavy (non-hydrogen) atoms. The molecule has 0 aliphatic carbocycles. The number of hydrogen-bond donors (Lipinski definition) is 1. The fourth-order valence-corrected chi connectivity index (χ4v) is 2.44. The molecule has 0 radical (unpaired) electrons. The van der Waals surface area contributed by atoms with Crippen molar-refractivity contribution >= 4 is 11.0 Å². The van der Waals surface area contributed by atoms with Crippen LogP contribution in [0, 0.1) is 6.92 Å². The fraction of sp³-hybridized carbons (Fsp3) is 0.0625. The normalized spacial score (nSPS) is 11.1. The number of aryl methyl sites for hydroxylation is 1. The van der Waals surface area contributed by atoms with E-state index in [4.69, 9.17) is 0 Å². The second-order valence-electron chi connectivity index (χ2n) is 4.85. The van der Waals surface area contributed by atoms with E-state index in [0.29, 0.717) is 0 Å². The summed E-state index contributed by atoms with van der Waals surface area (Å²) in [6.45, 7) is 1.89. The van der Waals surface area contributed by atoms with Gasteiger partial charge in [0.05, 0.1) is 5.52 Å². The highest BCUT2D eigenvalue weighted by Gasteiger charge is 2.12. The molecule has 1 aromatic carbocycles. The van der Waals surface area contributed by atoms with Gasteiger partial charge in [-0.05, 0) is 24.6 Å². The molecule has 0 unspecified atom stereocenters. The first kappa shape index (κ1) is 11.8. The summed E-state index contributed by atoms with van der Waals surface area (Å²) in [7, 11) is 0. The van der Waals surface area contributed by atoms with E-state index in [-0.39, 0.29) is 0 Å². The van der Waals surface area contributed by atoms with E-state index in [1.165, 1.54) is 0 Å². The van der Waals surface area contributed by atoms with Crippen LogP contribution < -0.4 is 0 Å². The summed E-state index contributed by atoms with van der Waals surface area (Å²) >= 11 is 0. The van der Waals surface area contributed by atoms with E-state index in [9.17, 15) is 0 Å². The number of nitrogens with one attached hydrogen (secondary N) is 1. The lowest BCUT2D eigenvalue weighted by molar-refractivity contribution is 0.839. The number of aromatic nitrogens is 5. The van der Waals surface area contributed by atoms with Crippen molar-refractivity contribution in [3.05, 3.63) is 60.7 Å². The molecule has 0 bridgehead atoms. The summed E-state index contributed by atoms with van der Waals surface area (Å²) in [5.41, 5.74) is 3.94. The first-order valence-corrected chi connectivity index (χ1v) is 6.74. The minimum atomic E-state index is 0.728. The zero-order chi connectivity index (χ0) is 14.2. The van der Waals surface area contributed by atoms with Crippen LogP contribution in [0.15, 0.2) is 54.9 Å². The van der Waals surface area contributed by atoms with Crippen LogP contribution in [0.25, 0.3) is 28.1 Å². The van der Waals surface area contributed by atoms with Crippen LogP contribution in [-0.2, 0) is 0 Å². The van der Waals surface area contributed by atoms with E-state index >= 15 is 0 Å². The van der Waals surface area contributed by atoms with E-state index in [1.807, 2.05) is 43.5 Å². The summed E-state index contributed by atoms with van der Waals surface area (Å²) in [5.74, 6) is 1.50. The Kier molecular flexibility index (Phi) is 2.57. The Morgan fingerprint density at radius 1 is 1.05 bits per heavy atom. The minimum absolute atomic E-state index is 0.728. The molecule has 0 amide bonds. The average Bonchev–Trinajstić information content (AvgIpc) is 3.16. The van der Waals surface area contributed by atoms with Crippen molar-refractivity contribution in [1.29, 1.82) is 0 Å². The smallest absolute Gasteiger partial charge is 0.181 e. The molecule has 0 fully saturated rings. The van der Waals surface area contributed by atoms with Crippen molar-refractivity contribution < 1.29 is 0 Å². The Balaban J connectivity index is 1.97. The van der Waals surface area contributed by atoms with Gasteiger partial charge in [-0.3, -0.25) is 0 Å². The van der Waals surface area contributed by atoms with Crippen molar-refractivity contribution in [3.63, 3.8) is 0 Å². The summed E-state index contributed by atoms with van der Waals surface area (Å²) < 4.78 is 1.75. The van der Waals surface area contributed by atoms with Crippen molar-refractivity contribution in [1.82, 2.24) is 24.7 Å². The molecule has 0 saturated heterocycles. The van der Waals surface area contributed by atoms with E-state index in [2.05, 4.69) is 32.2 Å². The average molecular weight is 275 g/mol. The van der Waals surface area contributed by atoms with Gasteiger partial charge in [-0.15, -0.1) is 0 Å². The van der Waals surface area contributed by atoms with Crippen molar-refractivity contribution in [3.8, 4) is 17.1 Å². The molecule has 0 aliphatic rings. The summed E-state index contributed by atoms with van der Waals surface area (Å²) in [6.07, 6.45) is 3.62. The van der Waals surface area contributed by atoms with Gasteiger partial charge in [0.1, 0.15) is 11.3 Å². The van der Waals surface area contributed by atoms with Gasteiger partial charge in [0.2, 0.25) is 0 Å². The largest absolute Gasteiger partial charge is 0.350 e. The molecule has 0 atom stereocenters. The lowest BCUT2D eigenvalue weighted by Gasteiger charge is -2.03. The number of benzene rings is 1.